The van der Waals surface area contributed by atoms with Gasteiger partial charge < -0.3 is 4.90 Å². The van der Waals surface area contributed by atoms with E-state index in [1.165, 1.54) is 12.1 Å². The first-order valence-electron chi connectivity index (χ1n) is 6.42. The van der Waals surface area contributed by atoms with E-state index in [4.69, 9.17) is 0 Å². The maximum absolute atomic E-state index is 12.7. The molecular formula is C14H17BrF3NO. The summed E-state index contributed by atoms with van der Waals surface area (Å²) < 4.78 is 38.0. The lowest BCUT2D eigenvalue weighted by Gasteiger charge is -2.22. The molecule has 0 aliphatic heterocycles. The highest BCUT2D eigenvalue weighted by molar-refractivity contribution is 9.09. The van der Waals surface area contributed by atoms with Crippen molar-refractivity contribution in [2.45, 2.75) is 25.9 Å². The second kappa shape index (κ2) is 7.67. The van der Waals surface area contributed by atoms with Gasteiger partial charge in [-0.2, -0.15) is 13.2 Å². The zero-order valence-corrected chi connectivity index (χ0v) is 12.8. The Morgan fingerprint density at radius 3 is 2.55 bits per heavy atom. The van der Waals surface area contributed by atoms with Gasteiger partial charge in [0, 0.05) is 24.0 Å². The third kappa shape index (κ3) is 4.81. The van der Waals surface area contributed by atoms with Crippen molar-refractivity contribution >= 4 is 21.8 Å². The summed E-state index contributed by atoms with van der Waals surface area (Å²) >= 11 is 3.26. The SMILES string of the molecule is CCCCN(CCBr)C(=O)c1cccc(C(F)(F)F)c1. The van der Waals surface area contributed by atoms with Gasteiger partial charge in [0.1, 0.15) is 0 Å². The third-order valence-electron chi connectivity index (χ3n) is 2.86. The molecule has 0 heterocycles. The van der Waals surface area contributed by atoms with Gasteiger partial charge in [-0.25, -0.2) is 0 Å². The monoisotopic (exact) mass is 351 g/mol. The van der Waals surface area contributed by atoms with E-state index in [1.54, 1.807) is 4.90 Å². The van der Waals surface area contributed by atoms with E-state index < -0.39 is 11.7 Å². The minimum absolute atomic E-state index is 0.0804. The number of carbonyl (C=O) groups excluding carboxylic acids is 1. The summed E-state index contributed by atoms with van der Waals surface area (Å²) in [5.41, 5.74) is -0.713. The van der Waals surface area contributed by atoms with Crippen LogP contribution in [0.4, 0.5) is 13.2 Å². The van der Waals surface area contributed by atoms with Crippen LogP contribution in [0.25, 0.3) is 0 Å². The van der Waals surface area contributed by atoms with Crippen LogP contribution in [0, 0.1) is 0 Å². The molecule has 112 valence electrons. The quantitative estimate of drug-likeness (QED) is 0.698. The highest BCUT2D eigenvalue weighted by Crippen LogP contribution is 2.29. The molecule has 1 amide bonds. The third-order valence-corrected chi connectivity index (χ3v) is 3.21. The number of unbranched alkanes of at least 4 members (excludes halogenated alkanes) is 1. The molecule has 2 nitrogen and oxygen atoms in total. The van der Waals surface area contributed by atoms with Crippen LogP contribution in [-0.4, -0.2) is 29.2 Å². The Hall–Kier alpha value is -1.04. The molecule has 0 aliphatic rings. The summed E-state index contributed by atoms with van der Waals surface area (Å²) in [7, 11) is 0. The molecule has 1 rings (SSSR count). The van der Waals surface area contributed by atoms with Crippen molar-refractivity contribution in [2.24, 2.45) is 0 Å². The maximum Gasteiger partial charge on any atom is 0.416 e. The van der Waals surface area contributed by atoms with E-state index in [0.717, 1.165) is 25.0 Å². The van der Waals surface area contributed by atoms with Gasteiger partial charge in [-0.15, -0.1) is 0 Å². The molecule has 0 bridgehead atoms. The standard InChI is InChI=1S/C14H17BrF3NO/c1-2-3-8-19(9-7-15)13(20)11-5-4-6-12(10-11)14(16,17)18/h4-6,10H,2-3,7-9H2,1H3. The van der Waals surface area contributed by atoms with Gasteiger partial charge in [0.15, 0.2) is 0 Å². The first-order valence-corrected chi connectivity index (χ1v) is 7.54. The van der Waals surface area contributed by atoms with E-state index in [2.05, 4.69) is 15.9 Å². The van der Waals surface area contributed by atoms with Gasteiger partial charge in [0.05, 0.1) is 5.56 Å². The van der Waals surface area contributed by atoms with E-state index in [1.807, 2.05) is 6.92 Å². The maximum atomic E-state index is 12.7. The Bertz CT molecular complexity index is 448. The predicted molar refractivity (Wildman–Crippen MR) is 76.0 cm³/mol. The van der Waals surface area contributed by atoms with Crippen molar-refractivity contribution in [1.82, 2.24) is 4.90 Å². The fourth-order valence-corrected chi connectivity index (χ4v) is 2.21. The Kier molecular flexibility index (Phi) is 6.52. The number of benzene rings is 1. The van der Waals surface area contributed by atoms with Crippen LogP contribution in [-0.2, 0) is 6.18 Å². The van der Waals surface area contributed by atoms with Crippen molar-refractivity contribution in [3.63, 3.8) is 0 Å². The summed E-state index contributed by atoms with van der Waals surface area (Å²) in [5, 5.41) is 0.599. The first-order chi connectivity index (χ1) is 9.40. The predicted octanol–water partition coefficient (Wildman–Crippen LogP) is 4.34. The van der Waals surface area contributed by atoms with Crippen LogP contribution in [0.1, 0.15) is 35.7 Å². The van der Waals surface area contributed by atoms with Crippen LogP contribution >= 0.6 is 15.9 Å². The van der Waals surface area contributed by atoms with Gasteiger partial charge in [-0.05, 0) is 24.6 Å². The fraction of sp³-hybridized carbons (Fsp3) is 0.500. The molecule has 0 atom stereocenters. The van der Waals surface area contributed by atoms with Crippen LogP contribution in [0.2, 0.25) is 0 Å². The lowest BCUT2D eigenvalue weighted by Crippen LogP contribution is -2.33. The van der Waals surface area contributed by atoms with Gasteiger partial charge in [0.2, 0.25) is 0 Å². The molecule has 0 aromatic heterocycles. The number of nitrogens with zero attached hydrogens (tertiary/aromatic N) is 1. The molecule has 6 heteroatoms. The largest absolute Gasteiger partial charge is 0.416 e. The smallest absolute Gasteiger partial charge is 0.338 e. The number of amides is 1. The van der Waals surface area contributed by atoms with Crippen LogP contribution in [0.15, 0.2) is 24.3 Å². The lowest BCUT2D eigenvalue weighted by molar-refractivity contribution is -0.137. The number of carbonyl (C=O) groups is 1. The van der Waals surface area contributed by atoms with Crippen LogP contribution in [0.3, 0.4) is 0 Å². The second-order valence-corrected chi connectivity index (χ2v) is 5.21. The molecule has 0 N–H and O–H groups in total. The number of rotatable bonds is 6. The summed E-state index contributed by atoms with van der Waals surface area (Å²) in [4.78, 5) is 13.8. The minimum Gasteiger partial charge on any atom is -0.338 e. The normalized spacial score (nSPS) is 11.4. The number of hydrogen-bond acceptors (Lipinski definition) is 1. The van der Waals surface area contributed by atoms with Crippen molar-refractivity contribution in [1.29, 1.82) is 0 Å². The molecule has 0 aliphatic carbocycles. The molecular weight excluding hydrogens is 335 g/mol. The summed E-state index contributed by atoms with van der Waals surface area (Å²) in [5.74, 6) is -0.357. The lowest BCUT2D eigenvalue weighted by atomic mass is 10.1. The van der Waals surface area contributed by atoms with Crippen molar-refractivity contribution in [3.05, 3.63) is 35.4 Å². The van der Waals surface area contributed by atoms with Gasteiger partial charge in [-0.3, -0.25) is 4.79 Å². The minimum atomic E-state index is -4.43. The Morgan fingerprint density at radius 2 is 2.00 bits per heavy atom. The summed E-state index contributed by atoms with van der Waals surface area (Å²) in [6.07, 6.45) is -2.67. The van der Waals surface area contributed by atoms with Crippen molar-refractivity contribution < 1.29 is 18.0 Å². The Balaban J connectivity index is 2.93. The molecule has 0 fully saturated rings. The van der Waals surface area contributed by atoms with Crippen molar-refractivity contribution in [2.75, 3.05) is 18.4 Å². The average Bonchev–Trinajstić information content (AvgIpc) is 2.42. The first kappa shape index (κ1) is 17.0. The van der Waals surface area contributed by atoms with Crippen LogP contribution in [0.5, 0.6) is 0 Å². The van der Waals surface area contributed by atoms with Gasteiger partial charge >= 0.3 is 6.18 Å². The molecule has 0 saturated heterocycles. The topological polar surface area (TPSA) is 20.3 Å². The molecule has 1 aromatic carbocycles. The number of hydrogen-bond donors (Lipinski definition) is 0. The van der Waals surface area contributed by atoms with Gasteiger partial charge in [-0.1, -0.05) is 35.3 Å². The zero-order chi connectivity index (χ0) is 15.2. The Morgan fingerprint density at radius 1 is 1.30 bits per heavy atom. The summed E-state index contributed by atoms with van der Waals surface area (Å²) in [6, 6.07) is 4.57. The van der Waals surface area contributed by atoms with E-state index >= 15 is 0 Å². The molecule has 0 saturated carbocycles. The van der Waals surface area contributed by atoms with E-state index in [-0.39, 0.29) is 11.5 Å². The fourth-order valence-electron chi connectivity index (χ4n) is 1.78. The highest BCUT2D eigenvalue weighted by Gasteiger charge is 2.31. The molecule has 0 unspecified atom stereocenters. The van der Waals surface area contributed by atoms with Gasteiger partial charge in [0.25, 0.3) is 5.91 Å². The highest BCUT2D eigenvalue weighted by atomic mass is 79.9. The molecule has 0 spiro atoms. The average molecular weight is 352 g/mol. The van der Waals surface area contributed by atoms with Crippen molar-refractivity contribution in [3.8, 4) is 0 Å². The molecule has 0 radical (unpaired) electrons. The second-order valence-electron chi connectivity index (χ2n) is 4.41. The van der Waals surface area contributed by atoms with E-state index in [9.17, 15) is 18.0 Å². The zero-order valence-electron chi connectivity index (χ0n) is 11.2. The van der Waals surface area contributed by atoms with Crippen LogP contribution < -0.4 is 0 Å². The number of alkyl halides is 4. The summed E-state index contributed by atoms with van der Waals surface area (Å²) in [6.45, 7) is 3.04. The Labute approximate surface area is 125 Å². The number of halogens is 4. The molecule has 1 aromatic rings. The molecule has 20 heavy (non-hydrogen) atoms. The van der Waals surface area contributed by atoms with E-state index in [0.29, 0.717) is 18.4 Å².